The van der Waals surface area contributed by atoms with Gasteiger partial charge in [-0.05, 0) is 12.8 Å². The van der Waals surface area contributed by atoms with Crippen LogP contribution in [0.2, 0.25) is 0 Å². The van der Waals surface area contributed by atoms with Crippen molar-refractivity contribution in [3.63, 3.8) is 0 Å². The second kappa shape index (κ2) is 5.17. The second-order valence-electron chi connectivity index (χ2n) is 5.48. The summed E-state index contributed by atoms with van der Waals surface area (Å²) in [5.74, 6) is -0.437. The lowest BCUT2D eigenvalue weighted by atomic mass is 9.74. The molecule has 1 saturated heterocycles. The van der Waals surface area contributed by atoms with E-state index in [1.807, 2.05) is 13.8 Å². The van der Waals surface area contributed by atoms with Crippen LogP contribution in [-0.2, 0) is 9.53 Å². The first-order valence-corrected chi connectivity index (χ1v) is 6.33. The minimum Gasteiger partial charge on any atom is -0.463 e. The molecule has 1 aliphatic rings. The topological polar surface area (TPSA) is 46.5 Å². The third-order valence-corrected chi connectivity index (χ3v) is 3.66. The van der Waals surface area contributed by atoms with Gasteiger partial charge in [-0.25, -0.2) is 4.79 Å². The molecule has 0 radical (unpaired) electrons. The first kappa shape index (κ1) is 13.5. The van der Waals surface area contributed by atoms with Gasteiger partial charge in [-0.1, -0.05) is 46.5 Å². The lowest BCUT2D eigenvalue weighted by Gasteiger charge is -2.31. The number of aliphatic hydroxyl groups is 1. The summed E-state index contributed by atoms with van der Waals surface area (Å²) in [6.45, 7) is 6.29. The summed E-state index contributed by atoms with van der Waals surface area (Å²) in [5, 5.41) is 10.4. The molecule has 0 amide bonds. The van der Waals surface area contributed by atoms with E-state index in [9.17, 15) is 9.90 Å². The van der Waals surface area contributed by atoms with Crippen LogP contribution in [0.1, 0.15) is 59.3 Å². The number of ether oxygens (including phenoxy) is 1. The smallest absolute Gasteiger partial charge is 0.338 e. The highest BCUT2D eigenvalue weighted by Gasteiger charge is 2.56. The quantitative estimate of drug-likeness (QED) is 0.561. The standard InChI is InChI=1S/C13H24O3/c1-4-5-6-7-8-9-13(15)11(14)16-10-12(13,2)3/h15H,4-10H2,1-3H3. The van der Waals surface area contributed by atoms with Gasteiger partial charge in [0.05, 0.1) is 6.61 Å². The molecule has 0 aromatic heterocycles. The highest BCUT2D eigenvalue weighted by molar-refractivity contribution is 5.82. The molecule has 0 aliphatic carbocycles. The fourth-order valence-corrected chi connectivity index (χ4v) is 2.19. The third-order valence-electron chi connectivity index (χ3n) is 3.66. The molecule has 94 valence electrons. The van der Waals surface area contributed by atoms with Crippen molar-refractivity contribution in [2.45, 2.75) is 64.9 Å². The molecule has 0 aromatic carbocycles. The van der Waals surface area contributed by atoms with Crippen LogP contribution >= 0.6 is 0 Å². The molecular weight excluding hydrogens is 204 g/mol. The Bertz CT molecular complexity index is 248. The van der Waals surface area contributed by atoms with Crippen molar-refractivity contribution in [2.24, 2.45) is 5.41 Å². The zero-order valence-corrected chi connectivity index (χ0v) is 10.7. The SMILES string of the molecule is CCCCCCCC1(O)C(=O)OCC1(C)C. The van der Waals surface area contributed by atoms with Crippen LogP contribution in [-0.4, -0.2) is 23.3 Å². The maximum Gasteiger partial charge on any atom is 0.338 e. The summed E-state index contributed by atoms with van der Waals surface area (Å²) in [6, 6.07) is 0. The molecule has 0 saturated carbocycles. The number of rotatable bonds is 6. The molecule has 1 N–H and O–H groups in total. The Labute approximate surface area is 98.2 Å². The van der Waals surface area contributed by atoms with Crippen molar-refractivity contribution in [3.05, 3.63) is 0 Å². The number of esters is 1. The summed E-state index contributed by atoms with van der Waals surface area (Å²) >= 11 is 0. The Morgan fingerprint density at radius 1 is 1.25 bits per heavy atom. The maximum absolute atomic E-state index is 11.6. The number of cyclic esters (lactones) is 1. The molecule has 1 aliphatic heterocycles. The van der Waals surface area contributed by atoms with E-state index in [4.69, 9.17) is 4.74 Å². The van der Waals surface area contributed by atoms with Crippen LogP contribution in [0.15, 0.2) is 0 Å². The van der Waals surface area contributed by atoms with Gasteiger partial charge in [0.25, 0.3) is 0 Å². The molecule has 0 aromatic rings. The third kappa shape index (κ3) is 2.57. The minimum atomic E-state index is -1.26. The van der Waals surface area contributed by atoms with Crippen LogP contribution in [0.4, 0.5) is 0 Å². The van der Waals surface area contributed by atoms with E-state index in [-0.39, 0.29) is 0 Å². The molecule has 3 nitrogen and oxygen atoms in total. The fraction of sp³-hybridized carbons (Fsp3) is 0.923. The highest BCUT2D eigenvalue weighted by Crippen LogP contribution is 2.41. The summed E-state index contributed by atoms with van der Waals surface area (Å²) in [6.07, 6.45) is 6.13. The van der Waals surface area contributed by atoms with Crippen LogP contribution in [0, 0.1) is 5.41 Å². The zero-order valence-electron chi connectivity index (χ0n) is 10.7. The van der Waals surface area contributed by atoms with Gasteiger partial charge in [0.1, 0.15) is 0 Å². The monoisotopic (exact) mass is 228 g/mol. The van der Waals surface area contributed by atoms with E-state index in [0.29, 0.717) is 13.0 Å². The van der Waals surface area contributed by atoms with Crippen molar-refractivity contribution in [1.29, 1.82) is 0 Å². The van der Waals surface area contributed by atoms with Crippen molar-refractivity contribution in [1.82, 2.24) is 0 Å². The number of hydrogen-bond donors (Lipinski definition) is 1. The van der Waals surface area contributed by atoms with Crippen LogP contribution in [0.3, 0.4) is 0 Å². The second-order valence-corrected chi connectivity index (χ2v) is 5.48. The molecule has 0 bridgehead atoms. The van der Waals surface area contributed by atoms with Crippen molar-refractivity contribution in [3.8, 4) is 0 Å². The predicted octanol–water partition coefficient (Wildman–Crippen LogP) is 2.66. The van der Waals surface area contributed by atoms with Gasteiger partial charge >= 0.3 is 5.97 Å². The highest BCUT2D eigenvalue weighted by atomic mass is 16.6. The average molecular weight is 228 g/mol. The molecule has 1 fully saturated rings. The minimum absolute atomic E-state index is 0.331. The van der Waals surface area contributed by atoms with Gasteiger partial charge in [-0.15, -0.1) is 0 Å². The van der Waals surface area contributed by atoms with E-state index in [1.165, 1.54) is 19.3 Å². The Morgan fingerprint density at radius 2 is 1.88 bits per heavy atom. The van der Waals surface area contributed by atoms with Crippen molar-refractivity contribution in [2.75, 3.05) is 6.61 Å². The lowest BCUT2D eigenvalue weighted by molar-refractivity contribution is -0.157. The summed E-state index contributed by atoms with van der Waals surface area (Å²) in [4.78, 5) is 11.6. The van der Waals surface area contributed by atoms with E-state index >= 15 is 0 Å². The average Bonchev–Trinajstić information content (AvgIpc) is 2.43. The Morgan fingerprint density at radius 3 is 2.38 bits per heavy atom. The van der Waals surface area contributed by atoms with Crippen molar-refractivity contribution < 1.29 is 14.6 Å². The Kier molecular flexibility index (Phi) is 4.36. The van der Waals surface area contributed by atoms with Crippen LogP contribution in [0.5, 0.6) is 0 Å². The number of hydrogen-bond acceptors (Lipinski definition) is 3. The molecule has 3 heteroatoms. The largest absolute Gasteiger partial charge is 0.463 e. The van der Waals surface area contributed by atoms with E-state index in [2.05, 4.69) is 6.92 Å². The van der Waals surface area contributed by atoms with Gasteiger partial charge in [0.15, 0.2) is 5.60 Å². The summed E-state index contributed by atoms with van der Waals surface area (Å²) in [7, 11) is 0. The van der Waals surface area contributed by atoms with E-state index in [0.717, 1.165) is 12.8 Å². The van der Waals surface area contributed by atoms with E-state index in [1.54, 1.807) is 0 Å². The molecular formula is C13H24O3. The predicted molar refractivity (Wildman–Crippen MR) is 63.1 cm³/mol. The van der Waals surface area contributed by atoms with Crippen LogP contribution in [0.25, 0.3) is 0 Å². The Hall–Kier alpha value is -0.570. The van der Waals surface area contributed by atoms with Gasteiger partial charge in [-0.3, -0.25) is 0 Å². The molecule has 1 rings (SSSR count). The molecule has 1 heterocycles. The first-order valence-electron chi connectivity index (χ1n) is 6.33. The summed E-state index contributed by atoms with van der Waals surface area (Å²) in [5.41, 5.74) is -1.71. The van der Waals surface area contributed by atoms with Crippen molar-refractivity contribution >= 4 is 5.97 Å². The van der Waals surface area contributed by atoms with Gasteiger partial charge in [0, 0.05) is 5.41 Å². The van der Waals surface area contributed by atoms with Gasteiger partial charge in [0.2, 0.25) is 0 Å². The van der Waals surface area contributed by atoms with E-state index < -0.39 is 17.0 Å². The number of carbonyl (C=O) groups excluding carboxylic acids is 1. The number of carbonyl (C=O) groups is 1. The fourth-order valence-electron chi connectivity index (χ4n) is 2.19. The number of unbranched alkanes of at least 4 members (excludes halogenated alkanes) is 4. The maximum atomic E-state index is 11.6. The lowest BCUT2D eigenvalue weighted by Crippen LogP contribution is -2.46. The normalized spacial score (nSPS) is 28.1. The zero-order chi connectivity index (χ0) is 12.2. The molecule has 0 spiro atoms. The molecule has 1 atom stereocenters. The summed E-state index contributed by atoms with van der Waals surface area (Å²) < 4.78 is 4.97. The first-order chi connectivity index (χ1) is 7.44. The Balaban J connectivity index is 2.41. The van der Waals surface area contributed by atoms with Gasteiger partial charge < -0.3 is 9.84 Å². The van der Waals surface area contributed by atoms with Crippen LogP contribution < -0.4 is 0 Å². The molecule has 1 unspecified atom stereocenters. The van der Waals surface area contributed by atoms with Gasteiger partial charge in [-0.2, -0.15) is 0 Å². The molecule has 16 heavy (non-hydrogen) atoms.